The Morgan fingerprint density at radius 1 is 1.33 bits per heavy atom. The van der Waals surface area contributed by atoms with Crippen molar-refractivity contribution in [2.75, 3.05) is 0 Å². The number of hydrogen-bond acceptors (Lipinski definition) is 3. The lowest BCUT2D eigenvalue weighted by atomic mass is 10.1. The minimum atomic E-state index is -0.391. The molecular weight excluding hydrogens is 192 g/mol. The summed E-state index contributed by atoms with van der Waals surface area (Å²) in [6.45, 7) is 3.62. The summed E-state index contributed by atoms with van der Waals surface area (Å²) < 4.78 is 5.00. The SMILES string of the molecule is C=CCc1c(O)ccc2oc(=O)ccc12. The van der Waals surface area contributed by atoms with Gasteiger partial charge in [-0.3, -0.25) is 0 Å². The monoisotopic (exact) mass is 202 g/mol. The predicted octanol–water partition coefficient (Wildman–Crippen LogP) is 2.23. The summed E-state index contributed by atoms with van der Waals surface area (Å²) >= 11 is 0. The van der Waals surface area contributed by atoms with Gasteiger partial charge in [0.25, 0.3) is 0 Å². The van der Waals surface area contributed by atoms with Gasteiger partial charge in [-0.2, -0.15) is 0 Å². The van der Waals surface area contributed by atoms with Gasteiger partial charge < -0.3 is 9.52 Å². The molecule has 15 heavy (non-hydrogen) atoms. The largest absolute Gasteiger partial charge is 0.508 e. The maximum atomic E-state index is 11.0. The van der Waals surface area contributed by atoms with Crippen LogP contribution in [0.4, 0.5) is 0 Å². The van der Waals surface area contributed by atoms with Crippen LogP contribution in [0, 0.1) is 0 Å². The molecule has 1 aromatic carbocycles. The van der Waals surface area contributed by atoms with E-state index in [1.165, 1.54) is 12.1 Å². The van der Waals surface area contributed by atoms with E-state index in [1.807, 2.05) is 0 Å². The van der Waals surface area contributed by atoms with Gasteiger partial charge >= 0.3 is 5.63 Å². The Morgan fingerprint density at radius 3 is 2.87 bits per heavy atom. The lowest BCUT2D eigenvalue weighted by Crippen LogP contribution is -1.96. The minimum absolute atomic E-state index is 0.191. The molecule has 2 rings (SSSR count). The number of benzene rings is 1. The predicted molar refractivity (Wildman–Crippen MR) is 58.0 cm³/mol. The normalized spacial score (nSPS) is 10.4. The van der Waals surface area contributed by atoms with Gasteiger partial charge in [0.15, 0.2) is 0 Å². The minimum Gasteiger partial charge on any atom is -0.508 e. The van der Waals surface area contributed by atoms with E-state index in [9.17, 15) is 9.90 Å². The van der Waals surface area contributed by atoms with Gasteiger partial charge in [-0.25, -0.2) is 4.79 Å². The summed E-state index contributed by atoms with van der Waals surface area (Å²) in [6, 6.07) is 6.09. The van der Waals surface area contributed by atoms with Crippen molar-refractivity contribution in [2.24, 2.45) is 0 Å². The number of phenolic OH excluding ortho intramolecular Hbond substituents is 1. The zero-order valence-electron chi connectivity index (χ0n) is 8.06. The van der Waals surface area contributed by atoms with Crippen molar-refractivity contribution >= 4 is 11.0 Å². The van der Waals surface area contributed by atoms with Crippen LogP contribution < -0.4 is 5.63 Å². The molecule has 1 N–H and O–H groups in total. The molecule has 0 amide bonds. The lowest BCUT2D eigenvalue weighted by Gasteiger charge is -2.05. The molecule has 2 aromatic rings. The van der Waals surface area contributed by atoms with E-state index in [2.05, 4.69) is 6.58 Å². The van der Waals surface area contributed by atoms with Gasteiger partial charge in [0.1, 0.15) is 11.3 Å². The van der Waals surface area contributed by atoms with Crippen molar-refractivity contribution < 1.29 is 9.52 Å². The molecule has 0 radical (unpaired) electrons. The van der Waals surface area contributed by atoms with Gasteiger partial charge in [-0.15, -0.1) is 6.58 Å². The number of rotatable bonds is 2. The smallest absolute Gasteiger partial charge is 0.336 e. The van der Waals surface area contributed by atoms with E-state index < -0.39 is 5.63 Å². The number of hydrogen-bond donors (Lipinski definition) is 1. The van der Waals surface area contributed by atoms with Crippen LogP contribution in [0.2, 0.25) is 0 Å². The third kappa shape index (κ3) is 1.64. The third-order valence-corrected chi connectivity index (χ3v) is 2.24. The topological polar surface area (TPSA) is 50.4 Å². The van der Waals surface area contributed by atoms with Crippen LogP contribution in [0.1, 0.15) is 5.56 Å². The van der Waals surface area contributed by atoms with E-state index in [-0.39, 0.29) is 5.75 Å². The second kappa shape index (κ2) is 3.61. The van der Waals surface area contributed by atoms with E-state index in [0.29, 0.717) is 12.0 Å². The molecule has 1 aromatic heterocycles. The van der Waals surface area contributed by atoms with Crippen molar-refractivity contribution in [2.45, 2.75) is 6.42 Å². The first-order chi connectivity index (χ1) is 7.22. The number of phenols is 1. The Kier molecular flexibility index (Phi) is 2.29. The number of aromatic hydroxyl groups is 1. The van der Waals surface area contributed by atoms with E-state index in [0.717, 1.165) is 10.9 Å². The molecule has 0 fully saturated rings. The molecule has 0 bridgehead atoms. The molecule has 3 nitrogen and oxygen atoms in total. The summed E-state index contributed by atoms with van der Waals surface area (Å²) in [4.78, 5) is 11.0. The van der Waals surface area contributed by atoms with E-state index >= 15 is 0 Å². The van der Waals surface area contributed by atoms with Crippen LogP contribution in [0.25, 0.3) is 11.0 Å². The first kappa shape index (κ1) is 9.52. The highest BCUT2D eigenvalue weighted by Crippen LogP contribution is 2.26. The molecule has 0 saturated heterocycles. The summed E-state index contributed by atoms with van der Waals surface area (Å²) in [5, 5.41) is 10.4. The zero-order valence-corrected chi connectivity index (χ0v) is 8.06. The lowest BCUT2D eigenvalue weighted by molar-refractivity contribution is 0.469. The standard InChI is InChI=1S/C12H10O3/c1-2-3-8-9-4-7-12(14)15-11(9)6-5-10(8)13/h2,4-7,13H,1,3H2. The van der Waals surface area contributed by atoms with Crippen molar-refractivity contribution in [3.8, 4) is 5.75 Å². The van der Waals surface area contributed by atoms with Gasteiger partial charge in [0, 0.05) is 17.0 Å². The van der Waals surface area contributed by atoms with Gasteiger partial charge in [0.05, 0.1) is 0 Å². The van der Waals surface area contributed by atoms with E-state index in [1.54, 1.807) is 18.2 Å². The van der Waals surface area contributed by atoms with Crippen LogP contribution in [0.15, 0.2) is 46.1 Å². The highest BCUT2D eigenvalue weighted by Gasteiger charge is 2.06. The average molecular weight is 202 g/mol. The van der Waals surface area contributed by atoms with Crippen molar-refractivity contribution in [1.29, 1.82) is 0 Å². The second-order valence-corrected chi connectivity index (χ2v) is 3.22. The molecule has 0 unspecified atom stereocenters. The van der Waals surface area contributed by atoms with E-state index in [4.69, 9.17) is 4.42 Å². The highest BCUT2D eigenvalue weighted by atomic mass is 16.4. The maximum absolute atomic E-state index is 11.0. The highest BCUT2D eigenvalue weighted by molar-refractivity contribution is 5.82. The molecular formula is C12H10O3. The Bertz CT molecular complexity index is 567. The Hall–Kier alpha value is -2.03. The summed E-state index contributed by atoms with van der Waals surface area (Å²) in [6.07, 6.45) is 2.23. The Balaban J connectivity index is 2.81. The summed E-state index contributed by atoms with van der Waals surface area (Å²) in [7, 11) is 0. The summed E-state index contributed by atoms with van der Waals surface area (Å²) in [5.41, 5.74) is 0.821. The molecule has 0 atom stereocenters. The first-order valence-corrected chi connectivity index (χ1v) is 4.58. The van der Waals surface area contributed by atoms with Crippen LogP contribution >= 0.6 is 0 Å². The average Bonchev–Trinajstić information content (AvgIpc) is 2.22. The molecule has 0 aliphatic carbocycles. The number of fused-ring (bicyclic) bond motifs is 1. The van der Waals surface area contributed by atoms with Crippen molar-refractivity contribution in [1.82, 2.24) is 0 Å². The van der Waals surface area contributed by atoms with Gasteiger partial charge in [-0.05, 0) is 24.6 Å². The zero-order chi connectivity index (χ0) is 10.8. The fourth-order valence-electron chi connectivity index (χ4n) is 1.56. The van der Waals surface area contributed by atoms with Crippen LogP contribution in [0.5, 0.6) is 5.75 Å². The van der Waals surface area contributed by atoms with Gasteiger partial charge in [0.2, 0.25) is 0 Å². The van der Waals surface area contributed by atoms with Crippen LogP contribution in [0.3, 0.4) is 0 Å². The fourth-order valence-corrected chi connectivity index (χ4v) is 1.56. The molecule has 1 heterocycles. The van der Waals surface area contributed by atoms with Crippen LogP contribution in [-0.2, 0) is 6.42 Å². The molecule has 0 aliphatic heterocycles. The Labute approximate surface area is 86.3 Å². The molecule has 0 saturated carbocycles. The fraction of sp³-hybridized carbons (Fsp3) is 0.0833. The van der Waals surface area contributed by atoms with Crippen molar-refractivity contribution in [3.63, 3.8) is 0 Å². The Morgan fingerprint density at radius 2 is 2.13 bits per heavy atom. The van der Waals surface area contributed by atoms with Crippen LogP contribution in [-0.4, -0.2) is 5.11 Å². The second-order valence-electron chi connectivity index (χ2n) is 3.22. The first-order valence-electron chi connectivity index (χ1n) is 4.58. The summed E-state index contributed by atoms with van der Waals surface area (Å²) in [5.74, 6) is 0.191. The van der Waals surface area contributed by atoms with Crippen molar-refractivity contribution in [3.05, 3.63) is 52.9 Å². The number of allylic oxidation sites excluding steroid dienone is 1. The molecule has 0 spiro atoms. The van der Waals surface area contributed by atoms with Gasteiger partial charge in [-0.1, -0.05) is 6.08 Å². The molecule has 76 valence electrons. The third-order valence-electron chi connectivity index (χ3n) is 2.24. The molecule has 3 heteroatoms. The maximum Gasteiger partial charge on any atom is 0.336 e. The quantitative estimate of drug-likeness (QED) is 0.600. The molecule has 0 aliphatic rings.